The van der Waals surface area contributed by atoms with Gasteiger partial charge in [0.1, 0.15) is 18.0 Å². The predicted octanol–water partition coefficient (Wildman–Crippen LogP) is 6.12. The number of H-pyrrole nitrogens is 1. The van der Waals surface area contributed by atoms with Crippen LogP contribution < -0.4 is 10.6 Å². The lowest BCUT2D eigenvalue weighted by Gasteiger charge is -2.40. The summed E-state index contributed by atoms with van der Waals surface area (Å²) in [5.74, 6) is -3.46. The molecule has 42 heavy (non-hydrogen) atoms. The SMILES string of the molecule is CC(C)(C)OC(=O)NC1CC(N2Cc3[nH]nc(NC(=O)OCc4ccccc4)c3C2)CCC1c1cc(F)c(F)cc1F. The number of anilines is 1. The minimum Gasteiger partial charge on any atom is -0.444 e. The standard InChI is InChI=1S/C30H34F3N5O4/c1-30(2,3)42-29(40)34-25-11-18(9-10-19(25)20-12-23(32)24(33)13-22(20)31)38-14-21-26(15-38)36-37-27(21)35-28(39)41-16-17-7-5-4-6-8-17/h4-8,12-13,18-19,25H,9-11,14-16H2,1-3H3,(H,34,40)(H2,35,36,37,39). The van der Waals surface area contributed by atoms with Crippen LogP contribution in [0.3, 0.4) is 0 Å². The van der Waals surface area contributed by atoms with E-state index in [1.165, 1.54) is 0 Å². The number of rotatable bonds is 6. The Balaban J connectivity index is 1.26. The van der Waals surface area contributed by atoms with Gasteiger partial charge in [0.15, 0.2) is 17.5 Å². The molecule has 0 radical (unpaired) electrons. The maximum absolute atomic E-state index is 14.8. The molecule has 1 aliphatic carbocycles. The Hall–Kier alpha value is -4.06. The number of benzene rings is 2. The number of carbonyl (C=O) groups excluding carboxylic acids is 2. The normalized spacial score (nSPS) is 20.6. The van der Waals surface area contributed by atoms with Gasteiger partial charge in [-0.25, -0.2) is 22.8 Å². The van der Waals surface area contributed by atoms with Gasteiger partial charge in [-0.05, 0) is 57.2 Å². The zero-order valence-electron chi connectivity index (χ0n) is 23.7. The molecular formula is C30H34F3N5O4. The minimum atomic E-state index is -1.26. The first kappa shape index (κ1) is 29.4. The Labute approximate surface area is 241 Å². The monoisotopic (exact) mass is 585 g/mol. The maximum atomic E-state index is 14.8. The van der Waals surface area contributed by atoms with Crippen LogP contribution in [0.2, 0.25) is 0 Å². The molecule has 3 N–H and O–H groups in total. The Morgan fingerprint density at radius 1 is 1.02 bits per heavy atom. The zero-order valence-corrected chi connectivity index (χ0v) is 23.7. The van der Waals surface area contributed by atoms with Gasteiger partial charge in [0.05, 0.1) is 5.69 Å². The summed E-state index contributed by atoms with van der Waals surface area (Å²) in [7, 11) is 0. The fourth-order valence-corrected chi connectivity index (χ4v) is 5.67. The molecule has 0 spiro atoms. The van der Waals surface area contributed by atoms with Crippen molar-refractivity contribution in [3.8, 4) is 0 Å². The van der Waals surface area contributed by atoms with Crippen molar-refractivity contribution in [2.24, 2.45) is 0 Å². The lowest BCUT2D eigenvalue weighted by atomic mass is 9.77. The molecule has 9 nitrogen and oxygen atoms in total. The van der Waals surface area contributed by atoms with Crippen LogP contribution in [-0.4, -0.2) is 45.0 Å². The van der Waals surface area contributed by atoms with E-state index in [1.807, 2.05) is 30.3 Å². The van der Waals surface area contributed by atoms with Crippen LogP contribution in [0.1, 0.15) is 68.3 Å². The predicted molar refractivity (Wildman–Crippen MR) is 148 cm³/mol. The van der Waals surface area contributed by atoms with Gasteiger partial charge in [-0.3, -0.25) is 15.3 Å². The van der Waals surface area contributed by atoms with E-state index in [9.17, 15) is 22.8 Å². The first-order valence-corrected chi connectivity index (χ1v) is 13.9. The number of ether oxygens (including phenoxy) is 2. The van der Waals surface area contributed by atoms with Gasteiger partial charge in [0.25, 0.3) is 0 Å². The number of fused-ring (bicyclic) bond motifs is 1. The van der Waals surface area contributed by atoms with Crippen LogP contribution in [0.4, 0.5) is 28.6 Å². The Bertz CT molecular complexity index is 1440. The minimum absolute atomic E-state index is 0.0183. The van der Waals surface area contributed by atoms with E-state index in [1.54, 1.807) is 20.8 Å². The summed E-state index contributed by atoms with van der Waals surface area (Å²) in [5.41, 5.74) is 1.80. The summed E-state index contributed by atoms with van der Waals surface area (Å²) in [4.78, 5) is 27.3. The molecule has 2 aliphatic rings. The molecule has 0 saturated heterocycles. The van der Waals surface area contributed by atoms with Crippen molar-refractivity contribution in [3.05, 3.63) is 82.3 Å². The Morgan fingerprint density at radius 3 is 2.50 bits per heavy atom. The largest absolute Gasteiger partial charge is 0.444 e. The molecule has 3 atom stereocenters. The third-order valence-corrected chi connectivity index (χ3v) is 7.59. The molecule has 3 aromatic rings. The van der Waals surface area contributed by atoms with Crippen molar-refractivity contribution < 1.29 is 32.2 Å². The van der Waals surface area contributed by atoms with Crippen LogP contribution in [0.25, 0.3) is 0 Å². The lowest BCUT2D eigenvalue weighted by molar-refractivity contribution is 0.0450. The average Bonchev–Trinajstić information content (AvgIpc) is 3.51. The molecule has 3 unspecified atom stereocenters. The highest BCUT2D eigenvalue weighted by Gasteiger charge is 2.40. The topological polar surface area (TPSA) is 109 Å². The summed E-state index contributed by atoms with van der Waals surface area (Å²) < 4.78 is 53.4. The van der Waals surface area contributed by atoms with Crippen molar-refractivity contribution >= 4 is 18.0 Å². The maximum Gasteiger partial charge on any atom is 0.413 e. The number of nitrogens with one attached hydrogen (secondary N) is 3. The fraction of sp³-hybridized carbons (Fsp3) is 0.433. The molecule has 1 aromatic heterocycles. The van der Waals surface area contributed by atoms with E-state index < -0.39 is 47.2 Å². The summed E-state index contributed by atoms with van der Waals surface area (Å²) >= 11 is 0. The number of alkyl carbamates (subject to hydrolysis) is 1. The first-order chi connectivity index (χ1) is 20.0. The van der Waals surface area contributed by atoms with E-state index in [4.69, 9.17) is 9.47 Å². The first-order valence-electron chi connectivity index (χ1n) is 13.9. The second-order valence-electron chi connectivity index (χ2n) is 11.7. The van der Waals surface area contributed by atoms with Gasteiger partial charge in [-0.2, -0.15) is 5.10 Å². The molecule has 1 saturated carbocycles. The molecule has 5 rings (SSSR count). The van der Waals surface area contributed by atoms with Crippen molar-refractivity contribution in [3.63, 3.8) is 0 Å². The highest BCUT2D eigenvalue weighted by molar-refractivity contribution is 5.84. The summed E-state index contributed by atoms with van der Waals surface area (Å²) in [5, 5.41) is 12.8. The molecule has 0 bridgehead atoms. The number of halogens is 3. The molecule has 2 amide bonds. The van der Waals surface area contributed by atoms with Gasteiger partial charge in [-0.15, -0.1) is 0 Å². The molecule has 12 heteroatoms. The fourth-order valence-electron chi connectivity index (χ4n) is 5.67. The highest BCUT2D eigenvalue weighted by Crippen LogP contribution is 2.40. The second-order valence-corrected chi connectivity index (χ2v) is 11.7. The van der Waals surface area contributed by atoms with E-state index >= 15 is 0 Å². The second kappa shape index (κ2) is 12.0. The van der Waals surface area contributed by atoms with Gasteiger partial charge in [-0.1, -0.05) is 30.3 Å². The van der Waals surface area contributed by atoms with Crippen molar-refractivity contribution in [2.75, 3.05) is 5.32 Å². The lowest BCUT2D eigenvalue weighted by Crippen LogP contribution is -2.49. The molecule has 1 fully saturated rings. The van der Waals surface area contributed by atoms with Gasteiger partial charge in [0, 0.05) is 42.7 Å². The van der Waals surface area contributed by atoms with Crippen LogP contribution in [-0.2, 0) is 29.2 Å². The van der Waals surface area contributed by atoms with Crippen molar-refractivity contribution in [1.82, 2.24) is 20.4 Å². The number of amides is 2. The van der Waals surface area contributed by atoms with Crippen molar-refractivity contribution in [2.45, 2.75) is 83.3 Å². The molecule has 224 valence electrons. The van der Waals surface area contributed by atoms with Crippen molar-refractivity contribution in [1.29, 1.82) is 0 Å². The van der Waals surface area contributed by atoms with Crippen LogP contribution >= 0.6 is 0 Å². The zero-order chi connectivity index (χ0) is 30.0. The van der Waals surface area contributed by atoms with Gasteiger partial charge < -0.3 is 14.8 Å². The molecular weight excluding hydrogens is 551 g/mol. The van der Waals surface area contributed by atoms with Crippen LogP contribution in [0, 0.1) is 17.5 Å². The Kier molecular flexibility index (Phi) is 8.44. The summed E-state index contributed by atoms with van der Waals surface area (Å²) in [6, 6.07) is 10.1. The summed E-state index contributed by atoms with van der Waals surface area (Å²) in [6.07, 6.45) is 0.170. The van der Waals surface area contributed by atoms with E-state index in [2.05, 4.69) is 25.7 Å². The van der Waals surface area contributed by atoms with Crippen LogP contribution in [0.15, 0.2) is 42.5 Å². The van der Waals surface area contributed by atoms with E-state index in [0.29, 0.717) is 44.2 Å². The number of hydrogen-bond donors (Lipinski definition) is 3. The number of carbonyl (C=O) groups is 2. The highest BCUT2D eigenvalue weighted by atomic mass is 19.2. The number of hydrogen-bond acceptors (Lipinski definition) is 6. The molecule has 2 aromatic carbocycles. The Morgan fingerprint density at radius 2 is 1.76 bits per heavy atom. The van der Waals surface area contributed by atoms with E-state index in [0.717, 1.165) is 22.9 Å². The third kappa shape index (κ3) is 6.87. The number of nitrogens with zero attached hydrogens (tertiary/aromatic N) is 2. The average molecular weight is 586 g/mol. The van der Waals surface area contributed by atoms with Gasteiger partial charge >= 0.3 is 12.2 Å². The third-order valence-electron chi connectivity index (χ3n) is 7.59. The molecule has 2 heterocycles. The number of aromatic nitrogens is 2. The number of aromatic amines is 1. The van der Waals surface area contributed by atoms with E-state index in [-0.39, 0.29) is 18.2 Å². The van der Waals surface area contributed by atoms with Crippen LogP contribution in [0.5, 0.6) is 0 Å². The smallest absolute Gasteiger partial charge is 0.413 e. The quantitative estimate of drug-likeness (QED) is 0.301. The summed E-state index contributed by atoms with van der Waals surface area (Å²) in [6.45, 7) is 6.33. The molecule has 1 aliphatic heterocycles. The van der Waals surface area contributed by atoms with Gasteiger partial charge in [0.2, 0.25) is 0 Å².